The number of fused-ring (bicyclic) bond motifs is 1. The van der Waals surface area contributed by atoms with Crippen LogP contribution in [-0.4, -0.2) is 52.3 Å². The van der Waals surface area contributed by atoms with Gasteiger partial charge in [0, 0.05) is 31.6 Å². The van der Waals surface area contributed by atoms with Gasteiger partial charge < -0.3 is 9.88 Å². The Morgan fingerprint density at radius 3 is 2.84 bits per heavy atom. The summed E-state index contributed by atoms with van der Waals surface area (Å²) in [6.07, 6.45) is 2.67. The number of aromatic amines is 1. The molecule has 1 aromatic carbocycles. The van der Waals surface area contributed by atoms with Gasteiger partial charge in [-0.05, 0) is 44.4 Å². The van der Waals surface area contributed by atoms with Crippen LogP contribution in [0.15, 0.2) is 29.1 Å². The topological polar surface area (TPSA) is 103 Å². The van der Waals surface area contributed by atoms with Crippen LogP contribution in [0, 0.1) is 5.82 Å². The molecule has 2 aliphatic heterocycles. The number of halogens is 1. The summed E-state index contributed by atoms with van der Waals surface area (Å²) >= 11 is 0. The number of likely N-dealkylation sites (tertiary alicyclic amines) is 1. The summed E-state index contributed by atoms with van der Waals surface area (Å²) < 4.78 is 39.3. The molecule has 1 aromatic heterocycles. The Labute approximate surface area is 180 Å². The van der Waals surface area contributed by atoms with Gasteiger partial charge in [-0.15, -0.1) is 0 Å². The van der Waals surface area contributed by atoms with E-state index in [-0.39, 0.29) is 35.9 Å². The highest BCUT2D eigenvalue weighted by Gasteiger charge is 2.33. The van der Waals surface area contributed by atoms with Gasteiger partial charge in [-0.2, -0.15) is 4.31 Å². The molecule has 8 nitrogen and oxygen atoms in total. The first kappa shape index (κ1) is 21.6. The van der Waals surface area contributed by atoms with Crippen molar-refractivity contribution < 1.29 is 17.6 Å². The predicted octanol–water partition coefficient (Wildman–Crippen LogP) is 1.98. The van der Waals surface area contributed by atoms with Gasteiger partial charge in [-0.1, -0.05) is 6.07 Å². The highest BCUT2D eigenvalue weighted by atomic mass is 32.2. The molecule has 0 unspecified atom stereocenters. The van der Waals surface area contributed by atoms with Crippen LogP contribution in [0.4, 0.5) is 4.39 Å². The molecule has 1 saturated heterocycles. The van der Waals surface area contributed by atoms with Crippen LogP contribution >= 0.6 is 0 Å². The van der Waals surface area contributed by atoms with E-state index in [9.17, 15) is 22.4 Å². The minimum atomic E-state index is -3.40. The van der Waals surface area contributed by atoms with Crippen molar-refractivity contribution in [2.45, 2.75) is 45.2 Å². The van der Waals surface area contributed by atoms with E-state index in [1.165, 1.54) is 22.5 Å². The zero-order valence-corrected chi connectivity index (χ0v) is 18.1. The highest BCUT2D eigenvalue weighted by Crippen LogP contribution is 2.31. The Morgan fingerprint density at radius 2 is 2.10 bits per heavy atom. The molecule has 0 radical (unpaired) electrons. The van der Waals surface area contributed by atoms with Crippen molar-refractivity contribution in [1.82, 2.24) is 19.2 Å². The maximum Gasteiger partial charge on any atom is 0.255 e. The summed E-state index contributed by atoms with van der Waals surface area (Å²) in [6, 6.07) is 5.15. The number of nitrogens with one attached hydrogen (secondary N) is 1. The van der Waals surface area contributed by atoms with Crippen LogP contribution in [0.3, 0.4) is 0 Å². The molecule has 31 heavy (non-hydrogen) atoms. The van der Waals surface area contributed by atoms with Crippen molar-refractivity contribution >= 4 is 15.9 Å². The molecular weight excluding hydrogens is 423 g/mol. The number of carbonyl (C=O) groups excluding carboxylic acids is 1. The first-order valence-corrected chi connectivity index (χ1v) is 12.1. The van der Waals surface area contributed by atoms with E-state index in [1.54, 1.807) is 17.9 Å². The fraction of sp³-hybridized carbons (Fsp3) is 0.476. The lowest BCUT2D eigenvalue weighted by Crippen LogP contribution is -2.43. The lowest BCUT2D eigenvalue weighted by Gasteiger charge is -2.35. The summed E-state index contributed by atoms with van der Waals surface area (Å²) in [7, 11) is -3.40. The molecule has 4 rings (SSSR count). The van der Waals surface area contributed by atoms with Gasteiger partial charge >= 0.3 is 0 Å². The quantitative estimate of drug-likeness (QED) is 0.770. The number of piperidine rings is 1. The first-order valence-electron chi connectivity index (χ1n) is 10.5. The number of amides is 1. The maximum atomic E-state index is 13.6. The van der Waals surface area contributed by atoms with E-state index in [2.05, 4.69) is 9.97 Å². The van der Waals surface area contributed by atoms with Gasteiger partial charge in [0.1, 0.15) is 11.6 Å². The van der Waals surface area contributed by atoms with E-state index in [0.717, 1.165) is 12.8 Å². The van der Waals surface area contributed by atoms with Crippen molar-refractivity contribution in [3.05, 3.63) is 63.1 Å². The lowest BCUT2D eigenvalue weighted by molar-refractivity contribution is 0.0598. The summed E-state index contributed by atoms with van der Waals surface area (Å²) in [4.78, 5) is 34.9. The monoisotopic (exact) mass is 448 g/mol. The zero-order chi connectivity index (χ0) is 22.2. The van der Waals surface area contributed by atoms with Gasteiger partial charge in [0.15, 0.2) is 0 Å². The Balaban J connectivity index is 1.65. The van der Waals surface area contributed by atoms with Crippen LogP contribution in [-0.2, 0) is 23.0 Å². The molecule has 1 amide bonds. The molecule has 2 aliphatic rings. The normalized spacial score (nSPS) is 19.8. The number of nitrogens with zero attached hydrogens (tertiary/aromatic N) is 3. The van der Waals surface area contributed by atoms with Crippen LogP contribution in [0.2, 0.25) is 0 Å². The van der Waals surface area contributed by atoms with E-state index in [1.807, 2.05) is 0 Å². The molecule has 1 N–H and O–H groups in total. The second kappa shape index (κ2) is 8.51. The molecule has 0 spiro atoms. The zero-order valence-electron chi connectivity index (χ0n) is 17.3. The molecule has 10 heteroatoms. The molecular formula is C21H25FN4O4S. The Bertz CT molecular complexity index is 1160. The van der Waals surface area contributed by atoms with Gasteiger partial charge in [0.05, 0.1) is 23.1 Å². The molecule has 0 aliphatic carbocycles. The predicted molar refractivity (Wildman–Crippen MR) is 112 cm³/mol. The fourth-order valence-corrected chi connectivity index (χ4v) is 5.30. The molecule has 3 heterocycles. The van der Waals surface area contributed by atoms with Crippen molar-refractivity contribution in [3.63, 3.8) is 0 Å². The third-order valence-corrected chi connectivity index (χ3v) is 7.79. The van der Waals surface area contributed by atoms with Crippen molar-refractivity contribution in [2.75, 3.05) is 18.8 Å². The highest BCUT2D eigenvalue weighted by molar-refractivity contribution is 7.89. The second-order valence-corrected chi connectivity index (χ2v) is 10.1. The Hall–Kier alpha value is -2.59. The van der Waals surface area contributed by atoms with Crippen molar-refractivity contribution in [3.8, 4) is 0 Å². The van der Waals surface area contributed by atoms with Crippen LogP contribution < -0.4 is 5.56 Å². The van der Waals surface area contributed by atoms with Crippen LogP contribution in [0.25, 0.3) is 0 Å². The minimum Gasteiger partial charge on any atom is -0.328 e. The van der Waals surface area contributed by atoms with Gasteiger partial charge in [0.25, 0.3) is 11.5 Å². The Kier molecular flexibility index (Phi) is 5.94. The summed E-state index contributed by atoms with van der Waals surface area (Å²) in [5.74, 6) is -0.401. The summed E-state index contributed by atoms with van der Waals surface area (Å²) in [5.41, 5.74) is 0.809. The number of aromatic nitrogens is 2. The number of sulfonamides is 1. The number of rotatable bonds is 4. The summed E-state index contributed by atoms with van der Waals surface area (Å²) in [5, 5.41) is 0. The van der Waals surface area contributed by atoms with Crippen LogP contribution in [0.1, 0.15) is 59.7 Å². The van der Waals surface area contributed by atoms with Crippen molar-refractivity contribution in [1.29, 1.82) is 0 Å². The largest absolute Gasteiger partial charge is 0.328 e. The number of H-pyrrole nitrogens is 1. The third kappa shape index (κ3) is 4.27. The second-order valence-electron chi connectivity index (χ2n) is 7.88. The average molecular weight is 449 g/mol. The van der Waals surface area contributed by atoms with E-state index >= 15 is 0 Å². The molecule has 0 saturated carbocycles. The SMILES string of the molecule is CCS(=O)(=O)N1CCc2nc([C@H]3CCCCN3C(=O)c3cccc(F)c3)[nH]c(=O)c2C1. The Morgan fingerprint density at radius 1 is 1.29 bits per heavy atom. The minimum absolute atomic E-state index is 0.00469. The molecule has 0 bridgehead atoms. The van der Waals surface area contributed by atoms with E-state index in [0.29, 0.717) is 36.5 Å². The van der Waals surface area contributed by atoms with E-state index in [4.69, 9.17) is 0 Å². The van der Waals surface area contributed by atoms with Gasteiger partial charge in [0.2, 0.25) is 10.0 Å². The van der Waals surface area contributed by atoms with Gasteiger partial charge in [-0.25, -0.2) is 17.8 Å². The standard InChI is InChI=1S/C21H25FN4O4S/c1-2-31(29,30)25-11-9-17-16(13-25)20(27)24-19(23-17)18-8-3-4-10-26(18)21(28)14-6-5-7-15(22)12-14/h5-7,12,18H,2-4,8-11,13H2,1H3,(H,23,24,27)/t18-/m1/s1. The summed E-state index contributed by atoms with van der Waals surface area (Å²) in [6.45, 7) is 2.34. The number of hydrogen-bond acceptors (Lipinski definition) is 5. The molecule has 166 valence electrons. The number of benzene rings is 1. The molecule has 1 atom stereocenters. The molecule has 2 aromatic rings. The number of hydrogen-bond donors (Lipinski definition) is 1. The van der Waals surface area contributed by atoms with Gasteiger partial charge in [-0.3, -0.25) is 9.59 Å². The number of carbonyl (C=O) groups is 1. The smallest absolute Gasteiger partial charge is 0.255 e. The maximum absolute atomic E-state index is 13.6. The molecule has 1 fully saturated rings. The van der Waals surface area contributed by atoms with E-state index < -0.39 is 21.9 Å². The average Bonchev–Trinajstić information content (AvgIpc) is 2.78. The first-order chi connectivity index (χ1) is 14.8. The fourth-order valence-electron chi connectivity index (χ4n) is 4.24. The lowest BCUT2D eigenvalue weighted by atomic mass is 9.99. The third-order valence-electron chi connectivity index (χ3n) is 5.96. The van der Waals surface area contributed by atoms with Crippen molar-refractivity contribution in [2.24, 2.45) is 0 Å². The van der Waals surface area contributed by atoms with Crippen LogP contribution in [0.5, 0.6) is 0 Å².